The maximum Gasteiger partial charge on any atom is 0.271 e. The fraction of sp³-hybridized carbons (Fsp3) is 0.255. The van der Waals surface area contributed by atoms with Crippen molar-refractivity contribution in [2.45, 2.75) is 39.2 Å². The van der Waals surface area contributed by atoms with Crippen molar-refractivity contribution in [1.29, 1.82) is 0 Å². The first-order valence-electron chi connectivity index (χ1n) is 20.2. The maximum absolute atomic E-state index is 15.3. The van der Waals surface area contributed by atoms with Crippen LogP contribution >= 0.6 is 22.9 Å². The summed E-state index contributed by atoms with van der Waals surface area (Å²) in [4.78, 5) is 73.2. The highest BCUT2D eigenvalue weighted by Gasteiger charge is 2.68. The first kappa shape index (κ1) is 39.5. The van der Waals surface area contributed by atoms with Crippen molar-refractivity contribution >= 4 is 73.8 Å². The highest BCUT2D eigenvalue weighted by atomic mass is 35.5. The number of carbonyl (C=O) groups excluding carboxylic acids is 4. The van der Waals surface area contributed by atoms with Gasteiger partial charge in [-0.05, 0) is 79.5 Å². The summed E-state index contributed by atoms with van der Waals surface area (Å²) < 4.78 is 8.58. The van der Waals surface area contributed by atoms with Gasteiger partial charge in [0.15, 0.2) is 0 Å². The largest absolute Gasteiger partial charge is 0.508 e. The van der Waals surface area contributed by atoms with Gasteiger partial charge in [-0.2, -0.15) is 5.10 Å². The number of carbonyl (C=O) groups is 4. The van der Waals surface area contributed by atoms with E-state index in [-0.39, 0.29) is 42.4 Å². The van der Waals surface area contributed by atoms with Gasteiger partial charge in [0.2, 0.25) is 23.6 Å². The number of non-ortho nitro benzene ring substituents is 1. The minimum absolute atomic E-state index is 0.0722. The number of allylic oxidation sites excluding steroid dienone is 2. The molecule has 2 saturated heterocycles. The lowest BCUT2D eigenvalue weighted by atomic mass is 9.51. The number of hydrogen-bond donors (Lipinski definition) is 1. The van der Waals surface area contributed by atoms with E-state index in [4.69, 9.17) is 21.4 Å². The molecule has 2 aliphatic heterocycles. The Bertz CT molecular complexity index is 2960. The van der Waals surface area contributed by atoms with Crippen LogP contribution in [0.5, 0.6) is 11.5 Å². The molecule has 2 aromatic heterocycles. The number of ether oxygens (including phenoxy) is 1. The van der Waals surface area contributed by atoms with E-state index in [0.717, 1.165) is 31.0 Å². The highest BCUT2D eigenvalue weighted by Crippen LogP contribution is 2.64. The van der Waals surface area contributed by atoms with E-state index in [9.17, 15) is 24.8 Å². The van der Waals surface area contributed by atoms with Crippen molar-refractivity contribution in [2.24, 2.45) is 36.1 Å². The molecular formula is C47H38ClN5O8S. The third-order valence-corrected chi connectivity index (χ3v) is 14.9. The van der Waals surface area contributed by atoms with E-state index >= 15 is 9.59 Å². The predicted molar refractivity (Wildman–Crippen MR) is 233 cm³/mol. The summed E-state index contributed by atoms with van der Waals surface area (Å²) in [5.74, 6) is -5.75. The standard InChI is InChI=1S/C47H38ClN5O8S/c1-24-33-18-26(48)12-17-38(33)62-42(24)36-22-39(50(3)49-36)52-44(56)35-21-34-30(15-16-32-40(34)45(57)51(43(32)55)27-10-7-11-28(19-27)53(59)60)41(47(35,2)46(52)58)31-14-13-29(20-37(31)54)61-23-25-8-5-4-6-9-25/h4-15,17-20,22,32,34-35,40-41,54H,16,21,23H2,1-3H3. The number of amides is 4. The number of nitro groups is 1. The molecule has 62 heavy (non-hydrogen) atoms. The van der Waals surface area contributed by atoms with Crippen LogP contribution < -0.4 is 14.5 Å². The number of hydrogen-bond acceptors (Lipinski definition) is 10. The molecule has 4 aliphatic rings. The predicted octanol–water partition coefficient (Wildman–Crippen LogP) is 8.89. The molecule has 13 nitrogen and oxygen atoms in total. The molecule has 10 rings (SSSR count). The van der Waals surface area contributed by atoms with Crippen LogP contribution in [-0.2, 0) is 32.8 Å². The summed E-state index contributed by atoms with van der Waals surface area (Å²) in [7, 11) is 1.68. The van der Waals surface area contributed by atoms with Gasteiger partial charge in [0, 0.05) is 52.5 Å². The second-order valence-electron chi connectivity index (χ2n) is 16.7. The van der Waals surface area contributed by atoms with Gasteiger partial charge >= 0.3 is 0 Å². The lowest BCUT2D eigenvalue weighted by molar-refractivity contribution is -0.384. The number of phenols is 1. The van der Waals surface area contributed by atoms with Crippen LogP contribution in [0.2, 0.25) is 5.02 Å². The zero-order valence-electron chi connectivity index (χ0n) is 33.7. The first-order valence-corrected chi connectivity index (χ1v) is 21.4. The fourth-order valence-electron chi connectivity index (χ4n) is 10.4. The van der Waals surface area contributed by atoms with Crippen LogP contribution in [0.3, 0.4) is 0 Å². The number of anilines is 2. The molecule has 2 aliphatic carbocycles. The van der Waals surface area contributed by atoms with Crippen molar-refractivity contribution in [3.05, 3.63) is 141 Å². The Morgan fingerprint density at radius 3 is 2.48 bits per heavy atom. The van der Waals surface area contributed by atoms with E-state index in [0.29, 0.717) is 27.6 Å². The Morgan fingerprint density at radius 1 is 0.935 bits per heavy atom. The summed E-state index contributed by atoms with van der Waals surface area (Å²) >= 11 is 7.87. The first-order chi connectivity index (χ1) is 29.8. The molecule has 6 aromatic rings. The van der Waals surface area contributed by atoms with Crippen LogP contribution in [-0.4, -0.2) is 43.4 Å². The third-order valence-electron chi connectivity index (χ3n) is 13.3. The van der Waals surface area contributed by atoms with Crippen LogP contribution in [0.15, 0.2) is 109 Å². The Labute approximate surface area is 363 Å². The minimum atomic E-state index is -1.45. The van der Waals surface area contributed by atoms with Gasteiger partial charge in [-0.1, -0.05) is 65.7 Å². The number of benzene rings is 4. The number of aromatic hydroxyl groups is 1. The van der Waals surface area contributed by atoms with Gasteiger partial charge < -0.3 is 9.84 Å². The number of nitrogens with zero attached hydrogens (tertiary/aromatic N) is 5. The van der Waals surface area contributed by atoms with Gasteiger partial charge in [-0.3, -0.25) is 34.0 Å². The molecule has 6 atom stereocenters. The monoisotopic (exact) mass is 867 g/mol. The van der Waals surface area contributed by atoms with Gasteiger partial charge in [-0.25, -0.2) is 9.80 Å². The van der Waals surface area contributed by atoms with E-state index in [2.05, 4.69) is 0 Å². The topological polar surface area (TPSA) is 165 Å². The molecule has 0 bridgehead atoms. The molecule has 0 radical (unpaired) electrons. The van der Waals surface area contributed by atoms with Gasteiger partial charge in [0.1, 0.15) is 29.6 Å². The maximum atomic E-state index is 15.3. The number of imide groups is 2. The molecular weight excluding hydrogens is 830 g/mol. The Hall–Kier alpha value is -6.64. The highest BCUT2D eigenvalue weighted by molar-refractivity contribution is 7.22. The number of phenolic OH excluding ortho intramolecular Hbond substituents is 1. The normalized spacial score (nSPS) is 24.3. The van der Waals surface area contributed by atoms with Crippen molar-refractivity contribution in [1.82, 2.24) is 9.78 Å². The average molecular weight is 868 g/mol. The molecule has 3 fully saturated rings. The molecule has 6 unspecified atom stereocenters. The number of aryl methyl sites for hydroxylation is 2. The molecule has 1 saturated carbocycles. The summed E-state index contributed by atoms with van der Waals surface area (Å²) in [6.07, 6.45) is 2.11. The van der Waals surface area contributed by atoms with E-state index in [1.165, 1.54) is 51.3 Å². The number of halogens is 1. The second kappa shape index (κ2) is 14.5. The van der Waals surface area contributed by atoms with E-state index < -0.39 is 63.6 Å². The SMILES string of the molecule is Cc1c(-c2cc(N3C(=O)C4CC5C(=CCC6C(=O)N(c7cccc([N+](=O)[O-])c7)C(=O)C65)C(c5ccc(OCc6ccccc6)cc5O)C4(C)C3=O)n(C)n2)sc2ccc(Cl)cc12. The molecule has 312 valence electrons. The van der Waals surface area contributed by atoms with Gasteiger partial charge in [0.05, 0.1) is 38.7 Å². The van der Waals surface area contributed by atoms with Gasteiger partial charge in [-0.15, -0.1) is 11.3 Å². The molecule has 4 amide bonds. The smallest absolute Gasteiger partial charge is 0.271 e. The molecule has 4 aromatic carbocycles. The average Bonchev–Trinajstić information content (AvgIpc) is 3.93. The second-order valence-corrected chi connectivity index (χ2v) is 18.1. The summed E-state index contributed by atoms with van der Waals surface area (Å²) in [6, 6.07) is 27.3. The number of thiophene rings is 1. The Morgan fingerprint density at radius 2 is 1.73 bits per heavy atom. The minimum Gasteiger partial charge on any atom is -0.508 e. The lowest BCUT2D eigenvalue weighted by Gasteiger charge is -2.49. The summed E-state index contributed by atoms with van der Waals surface area (Å²) in [6.45, 7) is 3.98. The zero-order chi connectivity index (χ0) is 43.4. The van der Waals surface area contributed by atoms with Gasteiger partial charge in [0.25, 0.3) is 5.69 Å². The summed E-state index contributed by atoms with van der Waals surface area (Å²) in [5.41, 5.74) is 1.89. The van der Waals surface area contributed by atoms with E-state index in [1.807, 2.05) is 61.5 Å². The number of rotatable bonds is 8. The van der Waals surface area contributed by atoms with Crippen molar-refractivity contribution in [3.8, 4) is 22.1 Å². The Kier molecular flexibility index (Phi) is 9.23. The van der Waals surface area contributed by atoms with Crippen LogP contribution in [0.25, 0.3) is 20.7 Å². The van der Waals surface area contributed by atoms with Crippen LogP contribution in [0.1, 0.15) is 42.4 Å². The van der Waals surface area contributed by atoms with Crippen LogP contribution in [0.4, 0.5) is 17.2 Å². The summed E-state index contributed by atoms with van der Waals surface area (Å²) in [5, 5.41) is 30.0. The van der Waals surface area contributed by atoms with Crippen molar-refractivity contribution in [3.63, 3.8) is 0 Å². The zero-order valence-corrected chi connectivity index (χ0v) is 35.2. The molecule has 0 spiro atoms. The lowest BCUT2D eigenvalue weighted by Crippen LogP contribution is -2.49. The molecule has 15 heteroatoms. The van der Waals surface area contributed by atoms with Crippen LogP contribution in [0, 0.1) is 46.1 Å². The quantitative estimate of drug-likeness (QED) is 0.0681. The fourth-order valence-corrected chi connectivity index (χ4v) is 11.7. The van der Waals surface area contributed by atoms with Crippen molar-refractivity contribution in [2.75, 3.05) is 9.80 Å². The number of fused-ring (bicyclic) bond motifs is 5. The third kappa shape index (κ3) is 5.91. The van der Waals surface area contributed by atoms with E-state index in [1.54, 1.807) is 32.2 Å². The van der Waals surface area contributed by atoms with Crippen molar-refractivity contribution < 1.29 is 33.9 Å². The number of nitro benzene ring substituents is 1. The number of aromatic nitrogens is 2. The molecule has 4 heterocycles. The molecule has 1 N–H and O–H groups in total. The Balaban J connectivity index is 1.06.